The van der Waals surface area contributed by atoms with E-state index < -0.39 is 0 Å². The Bertz CT molecular complexity index is 679. The third-order valence-corrected chi connectivity index (χ3v) is 6.04. The van der Waals surface area contributed by atoms with Crippen LogP contribution in [0.25, 0.3) is 10.6 Å². The summed E-state index contributed by atoms with van der Waals surface area (Å²) in [5.41, 5.74) is 2.15. The second-order valence-corrected chi connectivity index (χ2v) is 7.88. The van der Waals surface area contributed by atoms with E-state index in [2.05, 4.69) is 5.38 Å². The van der Waals surface area contributed by atoms with Crippen molar-refractivity contribution < 1.29 is 9.53 Å². The molecule has 1 aliphatic heterocycles. The van der Waals surface area contributed by atoms with E-state index in [9.17, 15) is 4.79 Å². The van der Waals surface area contributed by atoms with Crippen molar-refractivity contribution in [1.82, 2.24) is 9.88 Å². The molecule has 2 aromatic rings. The van der Waals surface area contributed by atoms with Crippen molar-refractivity contribution in [1.29, 1.82) is 0 Å². The molecule has 0 bridgehead atoms. The Balaban J connectivity index is 1.48. The summed E-state index contributed by atoms with van der Waals surface area (Å²) in [5.74, 6) is 2.49. The molecule has 2 heterocycles. The Morgan fingerprint density at radius 3 is 2.72 bits per heavy atom. The lowest BCUT2D eigenvalue weighted by atomic mass is 10.1. The highest BCUT2D eigenvalue weighted by Crippen LogP contribution is 2.27. The molecule has 134 valence electrons. The smallest absolute Gasteiger partial charge is 0.232 e. The quantitative estimate of drug-likeness (QED) is 0.716. The molecule has 1 aromatic heterocycles. The van der Waals surface area contributed by atoms with Crippen LogP contribution in [-0.4, -0.2) is 41.2 Å². The maximum absolute atomic E-state index is 12.2. The number of nitrogens with zero attached hydrogens (tertiary/aromatic N) is 2. The van der Waals surface area contributed by atoms with E-state index in [0.29, 0.717) is 12.4 Å². The van der Waals surface area contributed by atoms with Gasteiger partial charge in [0.25, 0.3) is 0 Å². The van der Waals surface area contributed by atoms with Crippen LogP contribution in [-0.2, 0) is 10.5 Å². The zero-order valence-electron chi connectivity index (χ0n) is 14.6. The first-order chi connectivity index (χ1) is 12.3. The maximum atomic E-state index is 12.2. The van der Waals surface area contributed by atoms with Gasteiger partial charge in [-0.15, -0.1) is 23.1 Å². The summed E-state index contributed by atoms with van der Waals surface area (Å²) >= 11 is 3.31. The molecule has 4 nitrogen and oxygen atoms in total. The Hall–Kier alpha value is -1.53. The lowest BCUT2D eigenvalue weighted by molar-refractivity contribution is -0.129. The van der Waals surface area contributed by atoms with E-state index in [1.165, 1.54) is 6.42 Å². The molecule has 0 aliphatic carbocycles. The van der Waals surface area contributed by atoms with Gasteiger partial charge < -0.3 is 9.64 Å². The van der Waals surface area contributed by atoms with Crippen LogP contribution in [0.4, 0.5) is 0 Å². The minimum absolute atomic E-state index is 0.270. The van der Waals surface area contributed by atoms with Crippen LogP contribution in [0, 0.1) is 0 Å². The van der Waals surface area contributed by atoms with Crippen molar-refractivity contribution in [3.05, 3.63) is 35.3 Å². The van der Waals surface area contributed by atoms with Gasteiger partial charge >= 0.3 is 0 Å². The number of amides is 1. The third kappa shape index (κ3) is 5.22. The van der Waals surface area contributed by atoms with Crippen LogP contribution < -0.4 is 4.74 Å². The maximum Gasteiger partial charge on any atom is 0.232 e. The molecule has 0 unspecified atom stereocenters. The zero-order chi connectivity index (χ0) is 17.5. The number of ether oxygens (including phenoxy) is 1. The van der Waals surface area contributed by atoms with Crippen molar-refractivity contribution in [3.63, 3.8) is 0 Å². The van der Waals surface area contributed by atoms with E-state index in [-0.39, 0.29) is 5.91 Å². The summed E-state index contributed by atoms with van der Waals surface area (Å²) in [6.45, 7) is 4.51. The number of benzene rings is 1. The Morgan fingerprint density at radius 2 is 2.00 bits per heavy atom. The summed E-state index contributed by atoms with van der Waals surface area (Å²) in [7, 11) is 0. The first-order valence-electron chi connectivity index (χ1n) is 8.79. The lowest BCUT2D eigenvalue weighted by Crippen LogP contribution is -2.36. The van der Waals surface area contributed by atoms with Crippen LogP contribution in [0.1, 0.15) is 31.9 Å². The van der Waals surface area contributed by atoms with Gasteiger partial charge in [-0.1, -0.05) is 0 Å². The fraction of sp³-hybridized carbons (Fsp3) is 0.474. The number of hydrogen-bond donors (Lipinski definition) is 0. The SMILES string of the molecule is CCOc1ccc(-c2nc(CSCC(=O)N3CCCCC3)cs2)cc1. The number of rotatable bonds is 7. The molecule has 0 saturated carbocycles. The molecule has 1 aliphatic rings. The standard InChI is InChI=1S/C19H24N2O2S2/c1-2-23-17-8-6-15(7-9-17)19-20-16(13-25-19)12-24-14-18(22)21-10-4-3-5-11-21/h6-9,13H,2-5,10-12,14H2,1H3. The van der Waals surface area contributed by atoms with Crippen molar-refractivity contribution in [2.24, 2.45) is 0 Å². The van der Waals surface area contributed by atoms with E-state index in [0.717, 1.165) is 53.7 Å². The largest absolute Gasteiger partial charge is 0.494 e. The first-order valence-corrected chi connectivity index (χ1v) is 10.8. The van der Waals surface area contributed by atoms with Crippen molar-refractivity contribution >= 4 is 29.0 Å². The fourth-order valence-electron chi connectivity index (χ4n) is 2.84. The second kappa shape index (κ2) is 9.25. The summed E-state index contributed by atoms with van der Waals surface area (Å²) < 4.78 is 5.47. The predicted molar refractivity (Wildman–Crippen MR) is 105 cm³/mol. The molecule has 0 N–H and O–H groups in total. The van der Waals surface area contributed by atoms with Gasteiger partial charge in [0, 0.05) is 29.8 Å². The number of carbonyl (C=O) groups excluding carboxylic acids is 1. The normalized spacial score (nSPS) is 14.5. The summed E-state index contributed by atoms with van der Waals surface area (Å²) in [6.07, 6.45) is 3.55. The van der Waals surface area contributed by atoms with Gasteiger partial charge in [-0.2, -0.15) is 0 Å². The second-order valence-electron chi connectivity index (χ2n) is 6.04. The highest BCUT2D eigenvalue weighted by molar-refractivity contribution is 7.99. The minimum Gasteiger partial charge on any atom is -0.494 e. The molecule has 25 heavy (non-hydrogen) atoms. The van der Waals surface area contributed by atoms with E-state index in [1.807, 2.05) is 36.1 Å². The Kier molecular flexibility index (Phi) is 6.76. The molecule has 3 rings (SSSR count). The van der Waals surface area contributed by atoms with Crippen LogP contribution in [0.15, 0.2) is 29.6 Å². The number of hydrogen-bond acceptors (Lipinski definition) is 5. The Labute approximate surface area is 157 Å². The predicted octanol–water partition coefficient (Wildman–Crippen LogP) is 4.45. The average molecular weight is 377 g/mol. The van der Waals surface area contributed by atoms with Crippen LogP contribution >= 0.6 is 23.1 Å². The van der Waals surface area contributed by atoms with Gasteiger partial charge in [-0.3, -0.25) is 4.79 Å². The molecule has 1 fully saturated rings. The summed E-state index contributed by atoms with van der Waals surface area (Å²) in [4.78, 5) is 18.9. The van der Waals surface area contributed by atoms with Crippen molar-refractivity contribution in [3.8, 4) is 16.3 Å². The van der Waals surface area contributed by atoms with Gasteiger partial charge in [0.2, 0.25) is 5.91 Å². The minimum atomic E-state index is 0.270. The number of piperidine rings is 1. The summed E-state index contributed by atoms with van der Waals surface area (Å²) in [5, 5.41) is 3.10. The average Bonchev–Trinajstić information content (AvgIpc) is 3.12. The number of likely N-dealkylation sites (tertiary alicyclic amines) is 1. The van der Waals surface area contributed by atoms with Gasteiger partial charge in [-0.05, 0) is 50.5 Å². The molecule has 1 saturated heterocycles. The van der Waals surface area contributed by atoms with Gasteiger partial charge in [0.05, 0.1) is 18.1 Å². The van der Waals surface area contributed by atoms with E-state index in [1.54, 1.807) is 23.1 Å². The zero-order valence-corrected chi connectivity index (χ0v) is 16.2. The first kappa shape index (κ1) is 18.3. The van der Waals surface area contributed by atoms with E-state index >= 15 is 0 Å². The molecule has 0 radical (unpaired) electrons. The number of thioether (sulfide) groups is 1. The molecule has 0 spiro atoms. The van der Waals surface area contributed by atoms with Gasteiger partial charge in [0.1, 0.15) is 10.8 Å². The van der Waals surface area contributed by atoms with Crippen LogP contribution in [0.5, 0.6) is 5.75 Å². The van der Waals surface area contributed by atoms with E-state index in [4.69, 9.17) is 9.72 Å². The van der Waals surface area contributed by atoms with Crippen molar-refractivity contribution in [2.75, 3.05) is 25.4 Å². The van der Waals surface area contributed by atoms with Crippen LogP contribution in [0.3, 0.4) is 0 Å². The fourth-order valence-corrected chi connectivity index (χ4v) is 4.59. The van der Waals surface area contributed by atoms with Gasteiger partial charge in [0.15, 0.2) is 0 Å². The third-order valence-electron chi connectivity index (χ3n) is 4.15. The number of thiazole rings is 1. The van der Waals surface area contributed by atoms with Crippen LogP contribution in [0.2, 0.25) is 0 Å². The molecule has 6 heteroatoms. The van der Waals surface area contributed by atoms with Crippen molar-refractivity contribution in [2.45, 2.75) is 31.9 Å². The van der Waals surface area contributed by atoms with Gasteiger partial charge in [-0.25, -0.2) is 4.98 Å². The topological polar surface area (TPSA) is 42.4 Å². The number of carbonyl (C=O) groups is 1. The summed E-state index contributed by atoms with van der Waals surface area (Å²) in [6, 6.07) is 8.04. The molecular weight excluding hydrogens is 352 g/mol. The molecule has 1 aromatic carbocycles. The highest BCUT2D eigenvalue weighted by atomic mass is 32.2. The molecule has 1 amide bonds. The lowest BCUT2D eigenvalue weighted by Gasteiger charge is -2.26. The molecular formula is C19H24N2O2S2. The monoisotopic (exact) mass is 376 g/mol. The molecule has 0 atom stereocenters. The highest BCUT2D eigenvalue weighted by Gasteiger charge is 2.16. The number of aromatic nitrogens is 1. The Morgan fingerprint density at radius 1 is 1.24 bits per heavy atom.